The van der Waals surface area contributed by atoms with Crippen molar-refractivity contribution in [1.82, 2.24) is 15.5 Å². The van der Waals surface area contributed by atoms with Crippen molar-refractivity contribution in [3.63, 3.8) is 0 Å². The quantitative estimate of drug-likeness (QED) is 0.450. The van der Waals surface area contributed by atoms with E-state index in [9.17, 15) is 0 Å². The Hall–Kier alpha value is -1.46. The van der Waals surface area contributed by atoms with Crippen LogP contribution >= 0.6 is 11.6 Å². The SMILES string of the molecule is CCCN1CCC(NC(=NC)NCCOc2ccc(Cl)cc2)CC1. The number of benzene rings is 1. The molecule has 0 spiro atoms. The standard InChI is InChI=1S/C18H29ClN4O/c1-3-11-23-12-8-16(9-13-23)22-18(20-2)21-10-14-24-17-6-4-15(19)5-7-17/h4-7,16H,3,8-14H2,1-2H3,(H2,20,21,22). The van der Waals surface area contributed by atoms with Gasteiger partial charge in [0.2, 0.25) is 0 Å². The van der Waals surface area contributed by atoms with Crippen LogP contribution in [0.4, 0.5) is 0 Å². The van der Waals surface area contributed by atoms with Gasteiger partial charge < -0.3 is 20.3 Å². The summed E-state index contributed by atoms with van der Waals surface area (Å²) < 4.78 is 5.68. The summed E-state index contributed by atoms with van der Waals surface area (Å²) in [6.07, 6.45) is 3.57. The van der Waals surface area contributed by atoms with Gasteiger partial charge in [0, 0.05) is 31.2 Å². The molecule has 5 nitrogen and oxygen atoms in total. The normalized spacial score (nSPS) is 16.9. The highest BCUT2D eigenvalue weighted by atomic mass is 35.5. The number of ether oxygens (including phenoxy) is 1. The number of aliphatic imine (C=N–C) groups is 1. The maximum Gasteiger partial charge on any atom is 0.191 e. The fraction of sp³-hybridized carbons (Fsp3) is 0.611. The molecule has 1 saturated heterocycles. The lowest BCUT2D eigenvalue weighted by Crippen LogP contribution is -2.49. The molecule has 0 amide bonds. The summed E-state index contributed by atoms with van der Waals surface area (Å²) in [5.74, 6) is 1.68. The molecule has 0 aliphatic carbocycles. The van der Waals surface area contributed by atoms with Gasteiger partial charge in [-0.1, -0.05) is 18.5 Å². The molecule has 0 atom stereocenters. The van der Waals surface area contributed by atoms with Crippen LogP contribution in [-0.4, -0.2) is 56.7 Å². The minimum Gasteiger partial charge on any atom is -0.492 e. The van der Waals surface area contributed by atoms with Crippen molar-refractivity contribution in [3.05, 3.63) is 29.3 Å². The lowest BCUT2D eigenvalue weighted by atomic mass is 10.1. The van der Waals surface area contributed by atoms with Gasteiger partial charge in [0.05, 0.1) is 6.54 Å². The van der Waals surface area contributed by atoms with Crippen LogP contribution < -0.4 is 15.4 Å². The maximum atomic E-state index is 5.86. The molecule has 1 aromatic rings. The van der Waals surface area contributed by atoms with Crippen molar-refractivity contribution in [3.8, 4) is 5.75 Å². The Bertz CT molecular complexity index is 498. The largest absolute Gasteiger partial charge is 0.492 e. The average molecular weight is 353 g/mol. The van der Waals surface area contributed by atoms with Gasteiger partial charge in [-0.15, -0.1) is 0 Å². The van der Waals surface area contributed by atoms with E-state index in [1.807, 2.05) is 31.3 Å². The Kier molecular flexibility index (Phi) is 8.19. The van der Waals surface area contributed by atoms with Crippen LogP contribution in [0.2, 0.25) is 5.02 Å². The van der Waals surface area contributed by atoms with E-state index in [-0.39, 0.29) is 0 Å². The van der Waals surface area contributed by atoms with E-state index in [1.54, 1.807) is 0 Å². The number of guanidine groups is 1. The Morgan fingerprint density at radius 1 is 1.29 bits per heavy atom. The highest BCUT2D eigenvalue weighted by Crippen LogP contribution is 2.15. The van der Waals surface area contributed by atoms with E-state index in [0.29, 0.717) is 19.2 Å². The van der Waals surface area contributed by atoms with E-state index in [2.05, 4.69) is 27.4 Å². The van der Waals surface area contributed by atoms with Crippen molar-refractivity contribution in [1.29, 1.82) is 0 Å². The van der Waals surface area contributed by atoms with Crippen LogP contribution in [0, 0.1) is 0 Å². The second-order valence-corrected chi connectivity index (χ2v) is 6.50. The Morgan fingerprint density at radius 2 is 2.00 bits per heavy atom. The van der Waals surface area contributed by atoms with E-state index in [1.165, 1.54) is 38.9 Å². The molecule has 2 rings (SSSR count). The van der Waals surface area contributed by atoms with Crippen molar-refractivity contribution in [2.24, 2.45) is 4.99 Å². The van der Waals surface area contributed by atoms with E-state index >= 15 is 0 Å². The first kappa shape index (κ1) is 18.9. The first-order valence-electron chi connectivity index (χ1n) is 8.79. The summed E-state index contributed by atoms with van der Waals surface area (Å²) in [4.78, 5) is 6.84. The fourth-order valence-electron chi connectivity index (χ4n) is 2.87. The summed E-state index contributed by atoms with van der Waals surface area (Å²) in [6, 6.07) is 7.91. The van der Waals surface area contributed by atoms with Crippen molar-refractivity contribution < 1.29 is 4.74 Å². The predicted octanol–water partition coefficient (Wildman–Crippen LogP) is 2.76. The third-order valence-corrected chi connectivity index (χ3v) is 4.42. The van der Waals surface area contributed by atoms with Crippen molar-refractivity contribution >= 4 is 17.6 Å². The third-order valence-electron chi connectivity index (χ3n) is 4.17. The molecule has 24 heavy (non-hydrogen) atoms. The number of piperidine rings is 1. The minimum absolute atomic E-state index is 0.501. The van der Waals surface area contributed by atoms with Crippen LogP contribution in [0.3, 0.4) is 0 Å². The summed E-state index contributed by atoms with van der Waals surface area (Å²) in [7, 11) is 1.81. The van der Waals surface area contributed by atoms with Crippen molar-refractivity contribution in [2.45, 2.75) is 32.2 Å². The van der Waals surface area contributed by atoms with Gasteiger partial charge >= 0.3 is 0 Å². The molecule has 6 heteroatoms. The number of nitrogens with zero attached hydrogens (tertiary/aromatic N) is 2. The van der Waals surface area contributed by atoms with Gasteiger partial charge in [-0.25, -0.2) is 0 Å². The monoisotopic (exact) mass is 352 g/mol. The maximum absolute atomic E-state index is 5.86. The molecule has 1 fully saturated rings. The Morgan fingerprint density at radius 3 is 2.62 bits per heavy atom. The second kappa shape index (κ2) is 10.4. The van der Waals surface area contributed by atoms with E-state index in [4.69, 9.17) is 16.3 Å². The summed E-state index contributed by atoms with van der Waals surface area (Å²) >= 11 is 5.86. The van der Waals surface area contributed by atoms with E-state index in [0.717, 1.165) is 16.7 Å². The average Bonchev–Trinajstić information content (AvgIpc) is 2.61. The Labute approximate surface area is 150 Å². The molecule has 0 saturated carbocycles. The highest BCUT2D eigenvalue weighted by Gasteiger charge is 2.19. The van der Waals surface area contributed by atoms with Crippen LogP contribution in [0.1, 0.15) is 26.2 Å². The second-order valence-electron chi connectivity index (χ2n) is 6.06. The zero-order valence-corrected chi connectivity index (χ0v) is 15.5. The summed E-state index contributed by atoms with van der Waals surface area (Å²) in [6.45, 7) is 7.07. The van der Waals surface area contributed by atoms with Gasteiger partial charge in [-0.3, -0.25) is 4.99 Å². The molecule has 1 aromatic carbocycles. The molecule has 0 radical (unpaired) electrons. The van der Waals surface area contributed by atoms with Crippen LogP contribution in [0.15, 0.2) is 29.3 Å². The van der Waals surface area contributed by atoms with Crippen molar-refractivity contribution in [2.75, 3.05) is 39.8 Å². The number of hydrogen-bond donors (Lipinski definition) is 2. The molecule has 1 aliphatic rings. The number of hydrogen-bond acceptors (Lipinski definition) is 3. The number of likely N-dealkylation sites (tertiary alicyclic amines) is 1. The van der Waals surface area contributed by atoms with Gasteiger partial charge in [-0.2, -0.15) is 0 Å². The zero-order chi connectivity index (χ0) is 17.2. The third kappa shape index (κ3) is 6.57. The lowest BCUT2D eigenvalue weighted by molar-refractivity contribution is 0.206. The topological polar surface area (TPSA) is 48.9 Å². The molecular formula is C18H29ClN4O. The zero-order valence-electron chi connectivity index (χ0n) is 14.7. The summed E-state index contributed by atoms with van der Waals surface area (Å²) in [5, 5.41) is 7.54. The smallest absolute Gasteiger partial charge is 0.191 e. The Balaban J connectivity index is 1.63. The van der Waals surface area contributed by atoms with Gasteiger partial charge in [0.25, 0.3) is 0 Å². The molecule has 0 aromatic heterocycles. The first-order chi connectivity index (χ1) is 11.7. The highest BCUT2D eigenvalue weighted by molar-refractivity contribution is 6.30. The van der Waals surface area contributed by atoms with E-state index < -0.39 is 0 Å². The molecular weight excluding hydrogens is 324 g/mol. The molecule has 1 aliphatic heterocycles. The minimum atomic E-state index is 0.501. The molecule has 0 unspecified atom stereocenters. The van der Waals surface area contributed by atoms with Gasteiger partial charge in [0.1, 0.15) is 12.4 Å². The van der Waals surface area contributed by atoms with Crippen LogP contribution in [-0.2, 0) is 0 Å². The van der Waals surface area contributed by atoms with Crippen LogP contribution in [0.5, 0.6) is 5.75 Å². The summed E-state index contributed by atoms with van der Waals surface area (Å²) in [5.41, 5.74) is 0. The number of halogens is 1. The van der Waals surface area contributed by atoms with Gasteiger partial charge in [0.15, 0.2) is 5.96 Å². The number of rotatable bonds is 7. The van der Waals surface area contributed by atoms with Gasteiger partial charge in [-0.05, 0) is 50.1 Å². The molecule has 0 bridgehead atoms. The first-order valence-corrected chi connectivity index (χ1v) is 9.17. The number of nitrogens with one attached hydrogen (secondary N) is 2. The predicted molar refractivity (Wildman–Crippen MR) is 101 cm³/mol. The lowest BCUT2D eigenvalue weighted by Gasteiger charge is -2.32. The molecule has 1 heterocycles. The van der Waals surface area contributed by atoms with Crippen LogP contribution in [0.25, 0.3) is 0 Å². The molecule has 2 N–H and O–H groups in total. The molecule has 134 valence electrons. The fourth-order valence-corrected chi connectivity index (χ4v) is 3.00.